The first-order chi connectivity index (χ1) is 15.5. The van der Waals surface area contributed by atoms with Crippen LogP contribution in [-0.4, -0.2) is 5.97 Å². The van der Waals surface area contributed by atoms with Crippen LogP contribution in [0, 0.1) is 0 Å². The van der Waals surface area contributed by atoms with Gasteiger partial charge in [0.15, 0.2) is 6.54 Å². The lowest BCUT2D eigenvalue weighted by Crippen LogP contribution is -2.38. The molecule has 0 aliphatic heterocycles. The van der Waals surface area contributed by atoms with E-state index in [0.29, 0.717) is 17.9 Å². The van der Waals surface area contributed by atoms with E-state index in [9.17, 15) is 9.90 Å². The lowest BCUT2D eigenvalue weighted by molar-refractivity contribution is -0.650. The number of aromatic carboxylic acids is 1. The minimum atomic E-state index is -1.19. The van der Waals surface area contributed by atoms with Gasteiger partial charge in [0.1, 0.15) is 0 Å². The summed E-state index contributed by atoms with van der Waals surface area (Å²) in [6.45, 7) is 0.530. The van der Waals surface area contributed by atoms with Crippen molar-refractivity contribution in [2.45, 2.75) is 6.54 Å². The smallest absolute Gasteiger partial charge is 0.221 e. The van der Waals surface area contributed by atoms with Crippen LogP contribution in [0.4, 0.5) is 11.4 Å². The lowest BCUT2D eigenvalue weighted by Gasteiger charge is -2.14. The van der Waals surface area contributed by atoms with Gasteiger partial charge >= 0.3 is 0 Å². The Balaban J connectivity index is 1.86. The number of carbonyl (C=O) groups excluding carboxylic acids is 1. The molecule has 4 aromatic carbocycles. The quantitative estimate of drug-likeness (QED) is 0.265. The van der Waals surface area contributed by atoms with Gasteiger partial charge in [-0.1, -0.05) is 48.5 Å². The molecule has 4 N–H and O–H groups in total. The van der Waals surface area contributed by atoms with E-state index in [-0.39, 0.29) is 5.56 Å². The summed E-state index contributed by atoms with van der Waals surface area (Å²) in [5, 5.41) is 14.4. The summed E-state index contributed by atoms with van der Waals surface area (Å²) >= 11 is 0. The van der Waals surface area contributed by atoms with E-state index in [1.807, 2.05) is 60.7 Å². The van der Waals surface area contributed by atoms with E-state index in [4.69, 9.17) is 11.5 Å². The molecule has 0 saturated carbocycles. The minimum absolute atomic E-state index is 0.155. The molecule has 32 heavy (non-hydrogen) atoms. The van der Waals surface area contributed by atoms with Crippen LogP contribution in [0.1, 0.15) is 15.9 Å². The summed E-state index contributed by atoms with van der Waals surface area (Å²) in [5.74, 6) is -1.19. The number of carboxylic acid groups (broad SMARTS) is 1. The maximum atomic E-state index is 11.2. The van der Waals surface area contributed by atoms with Crippen molar-refractivity contribution in [3.8, 4) is 11.3 Å². The Morgan fingerprint density at radius 2 is 1.41 bits per heavy atom. The number of carboxylic acids is 1. The molecule has 5 aromatic rings. The van der Waals surface area contributed by atoms with Crippen LogP contribution < -0.4 is 21.1 Å². The van der Waals surface area contributed by atoms with E-state index in [1.165, 1.54) is 0 Å². The van der Waals surface area contributed by atoms with Crippen LogP contribution in [0.2, 0.25) is 0 Å². The Labute approximate surface area is 185 Å². The molecule has 156 valence electrons. The molecular weight excluding hydrogens is 398 g/mol. The van der Waals surface area contributed by atoms with Crippen molar-refractivity contribution in [3.63, 3.8) is 0 Å². The normalized spacial score (nSPS) is 11.1. The molecule has 5 heteroatoms. The average Bonchev–Trinajstić information content (AvgIpc) is 2.80. The summed E-state index contributed by atoms with van der Waals surface area (Å²) in [6, 6.07) is 28.8. The van der Waals surface area contributed by atoms with Crippen molar-refractivity contribution in [3.05, 3.63) is 102 Å². The number of benzene rings is 4. The number of nitrogen functional groups attached to an aromatic ring is 2. The first kappa shape index (κ1) is 19.6. The zero-order valence-electron chi connectivity index (χ0n) is 17.3. The topological polar surface area (TPSA) is 96.0 Å². The predicted octanol–water partition coefficient (Wildman–Crippen LogP) is 3.52. The number of fused-ring (bicyclic) bond motifs is 3. The molecule has 0 amide bonds. The fourth-order valence-electron chi connectivity index (χ4n) is 4.26. The molecule has 0 unspecified atom stereocenters. The second kappa shape index (κ2) is 7.71. The van der Waals surface area contributed by atoms with Gasteiger partial charge in [0.05, 0.1) is 16.7 Å². The molecule has 0 bridgehead atoms. The minimum Gasteiger partial charge on any atom is -0.545 e. The zero-order valence-corrected chi connectivity index (χ0v) is 17.3. The molecule has 0 aliphatic rings. The highest BCUT2D eigenvalue weighted by atomic mass is 16.4. The highest BCUT2D eigenvalue weighted by Crippen LogP contribution is 2.33. The molecular formula is C27H21N3O2. The van der Waals surface area contributed by atoms with E-state index < -0.39 is 5.97 Å². The molecule has 0 spiro atoms. The van der Waals surface area contributed by atoms with Gasteiger partial charge in [0.25, 0.3) is 0 Å². The van der Waals surface area contributed by atoms with E-state index in [1.54, 1.807) is 12.1 Å². The SMILES string of the molecule is Nc1ccc2c(c1)c(-c1ccccc1)[n+](Cc1ccc(C(=O)[O-])cc1)c1cc(N)ccc21. The van der Waals surface area contributed by atoms with Gasteiger partial charge in [-0.05, 0) is 42.0 Å². The number of hydrogen-bond acceptors (Lipinski definition) is 4. The second-order valence-corrected chi connectivity index (χ2v) is 7.87. The Bertz CT molecular complexity index is 1480. The molecule has 0 saturated heterocycles. The number of nitrogens with zero attached hydrogens (tertiary/aromatic N) is 1. The van der Waals surface area contributed by atoms with Crippen LogP contribution in [-0.2, 0) is 6.54 Å². The second-order valence-electron chi connectivity index (χ2n) is 7.87. The van der Waals surface area contributed by atoms with Gasteiger partial charge in [-0.25, -0.2) is 0 Å². The van der Waals surface area contributed by atoms with Gasteiger partial charge in [-0.2, -0.15) is 4.57 Å². The van der Waals surface area contributed by atoms with Crippen LogP contribution in [0.15, 0.2) is 91.0 Å². The fraction of sp³-hybridized carbons (Fsp3) is 0.0370. The average molecular weight is 419 g/mol. The number of anilines is 2. The number of hydrogen-bond donors (Lipinski definition) is 2. The third kappa shape index (κ3) is 3.40. The summed E-state index contributed by atoms with van der Waals surface area (Å²) < 4.78 is 2.22. The van der Waals surface area contributed by atoms with Crippen molar-refractivity contribution in [1.29, 1.82) is 0 Å². The molecule has 0 aliphatic carbocycles. The first-order valence-corrected chi connectivity index (χ1v) is 10.3. The molecule has 5 nitrogen and oxygen atoms in total. The van der Waals surface area contributed by atoms with Gasteiger partial charge < -0.3 is 21.4 Å². The highest BCUT2D eigenvalue weighted by Gasteiger charge is 2.24. The highest BCUT2D eigenvalue weighted by molar-refractivity contribution is 6.10. The third-order valence-electron chi connectivity index (χ3n) is 5.75. The summed E-state index contributed by atoms with van der Waals surface area (Å²) in [4.78, 5) is 11.2. The largest absolute Gasteiger partial charge is 0.545 e. The molecule has 0 atom stereocenters. The van der Waals surface area contributed by atoms with Crippen molar-refractivity contribution >= 4 is 39.0 Å². The van der Waals surface area contributed by atoms with Crippen molar-refractivity contribution < 1.29 is 14.5 Å². The Morgan fingerprint density at radius 1 is 0.750 bits per heavy atom. The van der Waals surface area contributed by atoms with Crippen LogP contribution in [0.3, 0.4) is 0 Å². The Kier molecular flexibility index (Phi) is 4.71. The maximum absolute atomic E-state index is 11.2. The van der Waals surface area contributed by atoms with Gasteiger partial charge in [-0.15, -0.1) is 0 Å². The third-order valence-corrected chi connectivity index (χ3v) is 5.75. The number of aromatic nitrogens is 1. The number of rotatable bonds is 4. The monoisotopic (exact) mass is 419 g/mol. The predicted molar refractivity (Wildman–Crippen MR) is 126 cm³/mol. The van der Waals surface area contributed by atoms with Gasteiger partial charge in [-0.3, -0.25) is 0 Å². The fourth-order valence-corrected chi connectivity index (χ4v) is 4.26. The van der Waals surface area contributed by atoms with Crippen molar-refractivity contribution in [1.82, 2.24) is 0 Å². The van der Waals surface area contributed by atoms with Crippen LogP contribution in [0.25, 0.3) is 32.9 Å². The standard InChI is InChI=1S/C27H21N3O2/c28-20-10-12-22-23-13-11-21(29)15-25(23)30(16-17-6-8-19(9-7-17)27(31)32)26(24(22)14-20)18-4-2-1-3-5-18/h1-15,29H,16,28H2,(H,31,32). The van der Waals surface area contributed by atoms with E-state index in [2.05, 4.69) is 22.8 Å². The number of nitrogens with two attached hydrogens (primary N) is 2. The van der Waals surface area contributed by atoms with Gasteiger partial charge in [0, 0.05) is 34.0 Å². The molecule has 0 fully saturated rings. The molecule has 0 radical (unpaired) electrons. The van der Waals surface area contributed by atoms with Crippen molar-refractivity contribution in [2.75, 3.05) is 11.5 Å². The van der Waals surface area contributed by atoms with Crippen molar-refractivity contribution in [2.24, 2.45) is 0 Å². The molecule has 1 heterocycles. The zero-order chi connectivity index (χ0) is 22.2. The van der Waals surface area contributed by atoms with E-state index >= 15 is 0 Å². The number of pyridine rings is 1. The lowest BCUT2D eigenvalue weighted by atomic mass is 9.97. The Hall–Kier alpha value is -4.38. The number of carbonyl (C=O) groups is 1. The summed E-state index contributed by atoms with van der Waals surface area (Å²) in [7, 11) is 0. The van der Waals surface area contributed by atoms with Gasteiger partial charge in [0.2, 0.25) is 11.2 Å². The maximum Gasteiger partial charge on any atom is 0.221 e. The molecule has 1 aromatic heterocycles. The van der Waals surface area contributed by atoms with Crippen LogP contribution in [0.5, 0.6) is 0 Å². The first-order valence-electron chi connectivity index (χ1n) is 10.3. The summed E-state index contributed by atoms with van der Waals surface area (Å²) in [6.07, 6.45) is 0. The molecule has 5 rings (SSSR count). The van der Waals surface area contributed by atoms with Crippen LogP contribution >= 0.6 is 0 Å². The Morgan fingerprint density at radius 3 is 2.09 bits per heavy atom. The van der Waals surface area contributed by atoms with E-state index in [0.717, 1.165) is 38.5 Å². The summed E-state index contributed by atoms with van der Waals surface area (Å²) in [5.41, 5.74) is 17.9.